The lowest BCUT2D eigenvalue weighted by molar-refractivity contribution is -0.163. The van der Waals surface area contributed by atoms with Crippen molar-refractivity contribution >= 4 is 11.9 Å². The molecule has 1 atom stereocenters. The van der Waals surface area contributed by atoms with Crippen LogP contribution in [0.3, 0.4) is 0 Å². The molecule has 0 rings (SSSR count). The fourth-order valence-corrected chi connectivity index (χ4v) is 8.62. The third-order valence-electron chi connectivity index (χ3n) is 13.0. The number of allylic oxidation sites excluding steroid dienone is 10. The smallest absolute Gasteiger partial charge is 0.306 e. The van der Waals surface area contributed by atoms with E-state index < -0.39 is 6.10 Å². The summed E-state index contributed by atoms with van der Waals surface area (Å²) >= 11 is 0. The van der Waals surface area contributed by atoms with E-state index in [2.05, 4.69) is 81.5 Å². The summed E-state index contributed by atoms with van der Waals surface area (Å²) in [5, 5.41) is 0. The van der Waals surface area contributed by atoms with Crippen molar-refractivity contribution in [2.45, 2.75) is 309 Å². The summed E-state index contributed by atoms with van der Waals surface area (Å²) in [4.78, 5) is 25.5. The topological polar surface area (TPSA) is 61.8 Å². The van der Waals surface area contributed by atoms with Gasteiger partial charge in [0.25, 0.3) is 0 Å². The van der Waals surface area contributed by atoms with Gasteiger partial charge >= 0.3 is 11.9 Å². The molecule has 5 nitrogen and oxygen atoms in total. The van der Waals surface area contributed by atoms with E-state index in [1.165, 1.54) is 186 Å². The van der Waals surface area contributed by atoms with Gasteiger partial charge in [0.1, 0.15) is 6.61 Å². The second-order valence-electron chi connectivity index (χ2n) is 19.9. The van der Waals surface area contributed by atoms with E-state index in [1.54, 1.807) is 0 Å². The molecule has 0 fully saturated rings. The molecule has 0 radical (unpaired) electrons. The predicted octanol–water partition coefficient (Wildman–Crippen LogP) is 20.5. The molecule has 396 valence electrons. The zero-order valence-electron chi connectivity index (χ0n) is 45.6. The van der Waals surface area contributed by atoms with E-state index in [0.717, 1.165) is 83.5 Å². The summed E-state index contributed by atoms with van der Waals surface area (Å²) in [5.74, 6) is -0.410. The molecule has 68 heavy (non-hydrogen) atoms. The molecule has 0 aromatic rings. The summed E-state index contributed by atoms with van der Waals surface area (Å²) in [5.41, 5.74) is 0. The first kappa shape index (κ1) is 65.6. The molecule has 5 heteroatoms. The van der Waals surface area contributed by atoms with Gasteiger partial charge in [0.05, 0.1) is 6.61 Å². The van der Waals surface area contributed by atoms with Crippen LogP contribution in [0.2, 0.25) is 0 Å². The van der Waals surface area contributed by atoms with Crippen LogP contribution in [0.4, 0.5) is 0 Å². The van der Waals surface area contributed by atoms with Crippen molar-refractivity contribution in [3.05, 3.63) is 60.8 Å². The first-order valence-electron chi connectivity index (χ1n) is 29.8. The van der Waals surface area contributed by atoms with Crippen LogP contribution in [-0.2, 0) is 23.8 Å². The van der Waals surface area contributed by atoms with Crippen LogP contribution in [0.25, 0.3) is 0 Å². The lowest BCUT2D eigenvalue weighted by Gasteiger charge is -2.18. The fourth-order valence-electron chi connectivity index (χ4n) is 8.62. The Morgan fingerprint density at radius 2 is 0.662 bits per heavy atom. The average molecular weight is 952 g/mol. The standard InChI is InChI=1S/C63H114O5/c1-4-7-10-13-16-19-22-25-28-30-31-32-34-37-40-43-46-49-52-55-58-66-59-61(68-63(65)57-54-51-48-45-42-39-35-27-24-21-18-15-12-9-6-3)60-67-62(64)56-53-50-47-44-41-38-36-33-29-26-23-20-17-14-11-8-5-2/h8,11,17,20,25-26,28-29,36,38,61H,4-7,9-10,12-16,18-19,21-24,27,30-35,37,39-60H2,1-3H3/b11-8-,20-17-,28-25-,29-26-,38-36-. The number of hydrogen-bond donors (Lipinski definition) is 0. The van der Waals surface area contributed by atoms with Gasteiger partial charge in [-0.25, -0.2) is 0 Å². The minimum Gasteiger partial charge on any atom is -0.462 e. The molecule has 0 aromatic carbocycles. The van der Waals surface area contributed by atoms with Crippen LogP contribution >= 0.6 is 0 Å². The van der Waals surface area contributed by atoms with E-state index >= 15 is 0 Å². The molecule has 0 aliphatic rings. The van der Waals surface area contributed by atoms with Gasteiger partial charge in [0.2, 0.25) is 0 Å². The molecule has 1 unspecified atom stereocenters. The zero-order valence-corrected chi connectivity index (χ0v) is 45.6. The van der Waals surface area contributed by atoms with Crippen molar-refractivity contribution in [2.75, 3.05) is 19.8 Å². The molecule has 0 aromatic heterocycles. The minimum absolute atomic E-state index is 0.0746. The number of rotatable bonds is 55. The van der Waals surface area contributed by atoms with Crippen molar-refractivity contribution in [3.63, 3.8) is 0 Å². The highest BCUT2D eigenvalue weighted by Gasteiger charge is 2.17. The van der Waals surface area contributed by atoms with Crippen molar-refractivity contribution in [1.82, 2.24) is 0 Å². The quantitative estimate of drug-likeness (QED) is 0.0345. The van der Waals surface area contributed by atoms with Crippen LogP contribution in [-0.4, -0.2) is 37.9 Å². The van der Waals surface area contributed by atoms with Gasteiger partial charge in [0, 0.05) is 19.4 Å². The number of ether oxygens (including phenoxy) is 3. The van der Waals surface area contributed by atoms with E-state index in [1.807, 2.05) is 0 Å². The predicted molar refractivity (Wildman–Crippen MR) is 298 cm³/mol. The van der Waals surface area contributed by atoms with E-state index in [9.17, 15) is 9.59 Å². The van der Waals surface area contributed by atoms with E-state index in [0.29, 0.717) is 19.4 Å². The summed E-state index contributed by atoms with van der Waals surface area (Å²) in [6.45, 7) is 7.73. The normalized spacial score (nSPS) is 12.6. The second-order valence-corrected chi connectivity index (χ2v) is 19.9. The Balaban J connectivity index is 4.27. The first-order valence-corrected chi connectivity index (χ1v) is 29.8. The number of carbonyl (C=O) groups excluding carboxylic acids is 2. The van der Waals surface area contributed by atoms with Crippen LogP contribution in [0, 0.1) is 0 Å². The van der Waals surface area contributed by atoms with Crippen LogP contribution in [0.5, 0.6) is 0 Å². The van der Waals surface area contributed by atoms with Gasteiger partial charge in [0.15, 0.2) is 6.10 Å². The monoisotopic (exact) mass is 951 g/mol. The largest absolute Gasteiger partial charge is 0.462 e. The molecule has 0 N–H and O–H groups in total. The third-order valence-corrected chi connectivity index (χ3v) is 13.0. The Morgan fingerprint density at radius 1 is 0.338 bits per heavy atom. The van der Waals surface area contributed by atoms with Crippen molar-refractivity contribution in [2.24, 2.45) is 0 Å². The lowest BCUT2D eigenvalue weighted by atomic mass is 10.0. The van der Waals surface area contributed by atoms with E-state index in [4.69, 9.17) is 14.2 Å². The Morgan fingerprint density at radius 3 is 1.07 bits per heavy atom. The highest BCUT2D eigenvalue weighted by molar-refractivity contribution is 5.70. The maximum Gasteiger partial charge on any atom is 0.306 e. The van der Waals surface area contributed by atoms with Gasteiger partial charge < -0.3 is 14.2 Å². The maximum atomic E-state index is 12.9. The first-order chi connectivity index (χ1) is 33.6. The molecule has 0 aliphatic heterocycles. The second kappa shape index (κ2) is 58.9. The van der Waals surface area contributed by atoms with Crippen molar-refractivity contribution in [1.29, 1.82) is 0 Å². The molecule has 0 saturated heterocycles. The zero-order chi connectivity index (χ0) is 49.2. The Hall–Kier alpha value is -2.40. The average Bonchev–Trinajstić information content (AvgIpc) is 3.34. The maximum absolute atomic E-state index is 12.9. The molecule has 0 amide bonds. The van der Waals surface area contributed by atoms with Gasteiger partial charge in [-0.1, -0.05) is 268 Å². The molecule has 0 heterocycles. The molecular weight excluding hydrogens is 837 g/mol. The SMILES string of the molecule is CC/C=C\C/C=C\C/C=C\C/C=C\CCCCCCC(=O)OCC(COCCCCCCCCCCCC/C=C\CCCCCCCC)OC(=O)CCCCCCCCCCCCCCCCC. The van der Waals surface area contributed by atoms with Crippen molar-refractivity contribution < 1.29 is 23.8 Å². The van der Waals surface area contributed by atoms with Gasteiger partial charge in [-0.3, -0.25) is 9.59 Å². The Labute approximate surface area is 424 Å². The molecule has 0 aliphatic carbocycles. The van der Waals surface area contributed by atoms with Crippen LogP contribution < -0.4 is 0 Å². The lowest BCUT2D eigenvalue weighted by Crippen LogP contribution is -2.30. The third kappa shape index (κ3) is 56.2. The van der Waals surface area contributed by atoms with Gasteiger partial charge in [-0.15, -0.1) is 0 Å². The Kier molecular flexibility index (Phi) is 56.8. The van der Waals surface area contributed by atoms with Gasteiger partial charge in [-0.05, 0) is 83.5 Å². The summed E-state index contributed by atoms with van der Waals surface area (Å²) in [7, 11) is 0. The number of esters is 2. The van der Waals surface area contributed by atoms with Crippen LogP contribution in [0.1, 0.15) is 303 Å². The number of hydrogen-bond acceptors (Lipinski definition) is 5. The summed E-state index contributed by atoms with van der Waals surface area (Å²) in [6, 6.07) is 0. The molecule has 0 spiro atoms. The molecular formula is C63H114O5. The molecule has 0 bridgehead atoms. The molecule has 0 saturated carbocycles. The van der Waals surface area contributed by atoms with Gasteiger partial charge in [-0.2, -0.15) is 0 Å². The summed E-state index contributed by atoms with van der Waals surface area (Å²) < 4.78 is 17.5. The number of carbonyl (C=O) groups is 2. The summed E-state index contributed by atoms with van der Waals surface area (Å²) in [6.07, 6.45) is 75.3. The highest BCUT2D eigenvalue weighted by atomic mass is 16.6. The minimum atomic E-state index is -0.546. The Bertz CT molecular complexity index is 1170. The fraction of sp³-hybridized carbons (Fsp3) is 0.810. The van der Waals surface area contributed by atoms with Crippen molar-refractivity contribution in [3.8, 4) is 0 Å². The van der Waals surface area contributed by atoms with Crippen LogP contribution in [0.15, 0.2) is 60.8 Å². The highest BCUT2D eigenvalue weighted by Crippen LogP contribution is 2.16. The number of unbranched alkanes of at least 4 members (excludes halogenated alkanes) is 34. The van der Waals surface area contributed by atoms with E-state index in [-0.39, 0.29) is 25.2 Å².